The molecule has 0 aliphatic carbocycles. The van der Waals surface area contributed by atoms with Crippen molar-refractivity contribution in [2.24, 2.45) is 0 Å². The molecule has 0 saturated carbocycles. The summed E-state index contributed by atoms with van der Waals surface area (Å²) in [5, 5.41) is -0.382. The molecule has 0 unspecified atom stereocenters. The lowest BCUT2D eigenvalue weighted by molar-refractivity contribution is 0.0607. The van der Waals surface area contributed by atoms with E-state index in [1.807, 2.05) is 0 Å². The fourth-order valence-corrected chi connectivity index (χ4v) is 1.51. The monoisotopic (exact) mass is 222 g/mol. The molecule has 1 aliphatic heterocycles. The lowest BCUT2D eigenvalue weighted by atomic mass is 10.2. The van der Waals surface area contributed by atoms with Gasteiger partial charge in [0, 0.05) is 25.9 Å². The zero-order chi connectivity index (χ0) is 10.2. The first-order chi connectivity index (χ1) is 6.57. The van der Waals surface area contributed by atoms with Crippen LogP contribution in [0.2, 0.25) is 0 Å². The van der Waals surface area contributed by atoms with Crippen LogP contribution in [-0.2, 0) is 18.2 Å². The van der Waals surface area contributed by atoms with Gasteiger partial charge in [-0.05, 0) is 11.6 Å². The molecule has 3 nitrogen and oxygen atoms in total. The Bertz CT molecular complexity index is 311. The molecule has 0 radical (unpaired) electrons. The first kappa shape index (κ1) is 9.86. The van der Waals surface area contributed by atoms with E-state index >= 15 is 0 Å². The number of fused-ring (bicyclic) bond motifs is 1. The van der Waals surface area contributed by atoms with Gasteiger partial charge in [-0.1, -0.05) is 0 Å². The van der Waals surface area contributed by atoms with Crippen molar-refractivity contribution in [3.05, 3.63) is 17.3 Å². The SMILES string of the molecule is FC(F)(Cl)c1nc2c(o1)CCNCC2. The molecule has 2 heterocycles. The zero-order valence-electron chi connectivity index (χ0n) is 7.32. The van der Waals surface area contributed by atoms with E-state index in [9.17, 15) is 8.78 Å². The average Bonchev–Trinajstić information content (AvgIpc) is 2.38. The maximum atomic E-state index is 12.6. The van der Waals surface area contributed by atoms with E-state index in [0.717, 1.165) is 13.1 Å². The molecular formula is C8H9ClF2N2O. The first-order valence-electron chi connectivity index (χ1n) is 4.34. The number of hydrogen-bond donors (Lipinski definition) is 1. The van der Waals surface area contributed by atoms with Gasteiger partial charge in [0.25, 0.3) is 5.89 Å². The molecule has 0 fully saturated rings. The smallest absolute Gasteiger partial charge is 0.397 e. The third-order valence-electron chi connectivity index (χ3n) is 2.09. The molecule has 1 aromatic rings. The molecule has 78 valence electrons. The molecule has 1 N–H and O–H groups in total. The minimum absolute atomic E-state index is 0.519. The van der Waals surface area contributed by atoms with E-state index in [1.165, 1.54) is 0 Å². The van der Waals surface area contributed by atoms with Crippen LogP contribution in [-0.4, -0.2) is 18.1 Å². The number of aromatic nitrogens is 1. The number of rotatable bonds is 1. The predicted molar refractivity (Wildman–Crippen MR) is 46.5 cm³/mol. The summed E-state index contributed by atoms with van der Waals surface area (Å²) in [6.07, 6.45) is 1.18. The van der Waals surface area contributed by atoms with Gasteiger partial charge in [0.15, 0.2) is 0 Å². The zero-order valence-corrected chi connectivity index (χ0v) is 8.07. The quantitative estimate of drug-likeness (QED) is 0.735. The van der Waals surface area contributed by atoms with E-state index < -0.39 is 11.3 Å². The topological polar surface area (TPSA) is 38.1 Å². The van der Waals surface area contributed by atoms with Crippen LogP contribution in [0.25, 0.3) is 0 Å². The third kappa shape index (κ3) is 1.88. The van der Waals surface area contributed by atoms with Crippen LogP contribution in [0.4, 0.5) is 8.78 Å². The number of oxazole rings is 1. The Labute approximate surface area is 84.4 Å². The maximum absolute atomic E-state index is 12.6. The van der Waals surface area contributed by atoms with Crippen molar-refractivity contribution in [3.63, 3.8) is 0 Å². The van der Waals surface area contributed by atoms with Crippen molar-refractivity contribution in [3.8, 4) is 0 Å². The van der Waals surface area contributed by atoms with Gasteiger partial charge >= 0.3 is 5.38 Å². The normalized spacial score (nSPS) is 17.6. The van der Waals surface area contributed by atoms with Gasteiger partial charge in [0.2, 0.25) is 0 Å². The summed E-state index contributed by atoms with van der Waals surface area (Å²) in [6.45, 7) is 1.45. The summed E-state index contributed by atoms with van der Waals surface area (Å²) in [5.74, 6) is -0.170. The van der Waals surface area contributed by atoms with Crippen LogP contribution in [0.15, 0.2) is 4.42 Å². The van der Waals surface area contributed by atoms with E-state index in [4.69, 9.17) is 16.0 Å². The summed E-state index contributed by atoms with van der Waals surface area (Å²) in [6, 6.07) is 0. The lowest BCUT2D eigenvalue weighted by Gasteiger charge is -2.01. The van der Waals surface area contributed by atoms with Crippen molar-refractivity contribution in [2.75, 3.05) is 13.1 Å². The van der Waals surface area contributed by atoms with E-state index in [2.05, 4.69) is 10.3 Å². The minimum Gasteiger partial charge on any atom is -0.439 e. The van der Waals surface area contributed by atoms with Crippen molar-refractivity contribution < 1.29 is 13.2 Å². The molecule has 0 aromatic carbocycles. The molecule has 0 atom stereocenters. The third-order valence-corrected chi connectivity index (χ3v) is 2.25. The van der Waals surface area contributed by atoms with Gasteiger partial charge in [-0.3, -0.25) is 0 Å². The number of alkyl halides is 3. The van der Waals surface area contributed by atoms with Crippen LogP contribution in [0, 0.1) is 0 Å². The fourth-order valence-electron chi connectivity index (χ4n) is 1.43. The first-order valence-corrected chi connectivity index (χ1v) is 4.71. The molecule has 0 saturated heterocycles. The van der Waals surface area contributed by atoms with Gasteiger partial charge < -0.3 is 9.73 Å². The largest absolute Gasteiger partial charge is 0.439 e. The molecule has 0 bridgehead atoms. The Kier molecular flexibility index (Phi) is 2.45. The summed E-state index contributed by atoms with van der Waals surface area (Å²) in [5.41, 5.74) is 0.588. The Hall–Kier alpha value is -0.680. The Balaban J connectivity index is 2.31. The number of hydrogen-bond acceptors (Lipinski definition) is 3. The molecule has 0 amide bonds. The second kappa shape index (κ2) is 3.47. The van der Waals surface area contributed by atoms with Crippen LogP contribution in [0.3, 0.4) is 0 Å². The van der Waals surface area contributed by atoms with E-state index in [0.29, 0.717) is 24.3 Å². The Morgan fingerprint density at radius 2 is 2.07 bits per heavy atom. The predicted octanol–water partition coefficient (Wildman–Crippen LogP) is 1.65. The highest BCUT2D eigenvalue weighted by Gasteiger charge is 2.35. The van der Waals surface area contributed by atoms with Crippen molar-refractivity contribution >= 4 is 11.6 Å². The van der Waals surface area contributed by atoms with E-state index in [1.54, 1.807) is 0 Å². The van der Waals surface area contributed by atoms with Crippen LogP contribution >= 0.6 is 11.6 Å². The molecule has 6 heteroatoms. The summed E-state index contributed by atoms with van der Waals surface area (Å²) in [7, 11) is 0. The minimum atomic E-state index is -3.50. The van der Waals surface area contributed by atoms with E-state index in [-0.39, 0.29) is 0 Å². The van der Waals surface area contributed by atoms with Crippen molar-refractivity contribution in [2.45, 2.75) is 18.2 Å². The van der Waals surface area contributed by atoms with Gasteiger partial charge in [-0.25, -0.2) is 4.98 Å². The fraction of sp³-hybridized carbons (Fsp3) is 0.625. The maximum Gasteiger partial charge on any atom is 0.397 e. The molecular weight excluding hydrogens is 214 g/mol. The van der Waals surface area contributed by atoms with Crippen LogP contribution in [0.5, 0.6) is 0 Å². The number of nitrogens with one attached hydrogen (secondary N) is 1. The van der Waals surface area contributed by atoms with Crippen molar-refractivity contribution in [1.82, 2.24) is 10.3 Å². The Morgan fingerprint density at radius 1 is 1.36 bits per heavy atom. The lowest BCUT2D eigenvalue weighted by Crippen LogP contribution is -2.16. The van der Waals surface area contributed by atoms with Gasteiger partial charge in [-0.15, -0.1) is 0 Å². The van der Waals surface area contributed by atoms with Crippen LogP contribution < -0.4 is 5.32 Å². The van der Waals surface area contributed by atoms with Crippen LogP contribution in [0.1, 0.15) is 17.3 Å². The summed E-state index contributed by atoms with van der Waals surface area (Å²) < 4.78 is 30.2. The number of nitrogens with zero attached hydrogens (tertiary/aromatic N) is 1. The highest BCUT2D eigenvalue weighted by Crippen LogP contribution is 2.33. The van der Waals surface area contributed by atoms with Gasteiger partial charge in [-0.2, -0.15) is 8.78 Å². The summed E-state index contributed by atoms with van der Waals surface area (Å²) >= 11 is 4.81. The average molecular weight is 223 g/mol. The van der Waals surface area contributed by atoms with Gasteiger partial charge in [0.05, 0.1) is 5.69 Å². The van der Waals surface area contributed by atoms with Gasteiger partial charge in [0.1, 0.15) is 5.76 Å². The summed E-state index contributed by atoms with van der Waals surface area (Å²) in [4.78, 5) is 3.69. The molecule has 1 aliphatic rings. The number of halogens is 3. The molecule has 0 spiro atoms. The highest BCUT2D eigenvalue weighted by atomic mass is 35.5. The molecule has 2 rings (SSSR count). The van der Waals surface area contributed by atoms with Crippen molar-refractivity contribution in [1.29, 1.82) is 0 Å². The highest BCUT2D eigenvalue weighted by molar-refractivity contribution is 6.21. The molecule has 14 heavy (non-hydrogen) atoms. The molecule has 1 aromatic heterocycles. The second-order valence-corrected chi connectivity index (χ2v) is 3.61. The second-order valence-electron chi connectivity index (χ2n) is 3.14. The Morgan fingerprint density at radius 3 is 2.79 bits per heavy atom. The standard InChI is InChI=1S/C8H9ClF2N2O/c9-8(10,11)7-13-5-1-3-12-4-2-6(5)14-7/h12H,1-4H2.